The first kappa shape index (κ1) is 12.4. The van der Waals surface area contributed by atoms with Crippen LogP contribution in [-0.4, -0.2) is 25.7 Å². The van der Waals surface area contributed by atoms with Gasteiger partial charge in [-0.25, -0.2) is 0 Å². The Labute approximate surface area is 103 Å². The third-order valence-electron chi connectivity index (χ3n) is 3.03. The second kappa shape index (κ2) is 6.03. The van der Waals surface area contributed by atoms with Crippen LogP contribution in [0.2, 0.25) is 0 Å². The van der Waals surface area contributed by atoms with Crippen LogP contribution in [-0.2, 0) is 12.8 Å². The van der Waals surface area contributed by atoms with Crippen molar-refractivity contribution in [2.45, 2.75) is 32.2 Å². The summed E-state index contributed by atoms with van der Waals surface area (Å²) in [5.74, 6) is 1.07. The maximum Gasteiger partial charge on any atom is 0.122 e. The maximum absolute atomic E-state index is 5.68. The summed E-state index contributed by atoms with van der Waals surface area (Å²) in [5, 5.41) is 3.36. The van der Waals surface area contributed by atoms with E-state index in [2.05, 4.69) is 23.5 Å². The second-order valence-corrected chi connectivity index (χ2v) is 4.83. The van der Waals surface area contributed by atoms with E-state index in [-0.39, 0.29) is 6.04 Å². The van der Waals surface area contributed by atoms with Crippen LogP contribution in [0.1, 0.15) is 24.5 Å². The molecule has 1 heterocycles. The van der Waals surface area contributed by atoms with Crippen molar-refractivity contribution in [3.05, 3.63) is 29.3 Å². The van der Waals surface area contributed by atoms with Gasteiger partial charge < -0.3 is 15.8 Å². The second-order valence-electron chi connectivity index (χ2n) is 4.83. The Balaban J connectivity index is 1.85. The molecule has 0 amide bonds. The van der Waals surface area contributed by atoms with Gasteiger partial charge in [0.2, 0.25) is 0 Å². The standard InChI is InChI=1S/C14H22N2O/c1-11(15)10-16-7-6-12-4-5-14-13(9-12)3-2-8-17-14/h4-5,9,11,16H,2-3,6-8,10,15H2,1H3. The highest BCUT2D eigenvalue weighted by Gasteiger charge is 2.10. The highest BCUT2D eigenvalue weighted by Crippen LogP contribution is 2.25. The van der Waals surface area contributed by atoms with Crippen molar-refractivity contribution < 1.29 is 4.74 Å². The number of nitrogens with two attached hydrogens (primary N) is 1. The number of fused-ring (bicyclic) bond motifs is 1. The van der Waals surface area contributed by atoms with Crippen LogP contribution in [0.3, 0.4) is 0 Å². The first-order valence-electron chi connectivity index (χ1n) is 6.46. The summed E-state index contributed by atoms with van der Waals surface area (Å²) in [7, 11) is 0. The fourth-order valence-electron chi connectivity index (χ4n) is 2.13. The van der Waals surface area contributed by atoms with Crippen LogP contribution in [0.25, 0.3) is 0 Å². The third-order valence-corrected chi connectivity index (χ3v) is 3.03. The Morgan fingerprint density at radius 3 is 3.18 bits per heavy atom. The Bertz CT molecular complexity index is 363. The van der Waals surface area contributed by atoms with E-state index in [1.165, 1.54) is 11.1 Å². The van der Waals surface area contributed by atoms with Gasteiger partial charge in [-0.15, -0.1) is 0 Å². The quantitative estimate of drug-likeness (QED) is 0.759. The summed E-state index contributed by atoms with van der Waals surface area (Å²) >= 11 is 0. The van der Waals surface area contributed by atoms with E-state index < -0.39 is 0 Å². The minimum absolute atomic E-state index is 0.229. The lowest BCUT2D eigenvalue weighted by Crippen LogP contribution is -2.32. The van der Waals surface area contributed by atoms with E-state index in [1.807, 2.05) is 6.92 Å². The number of nitrogens with one attached hydrogen (secondary N) is 1. The predicted molar refractivity (Wildman–Crippen MR) is 70.5 cm³/mol. The van der Waals surface area contributed by atoms with E-state index in [4.69, 9.17) is 10.5 Å². The largest absolute Gasteiger partial charge is 0.493 e. The van der Waals surface area contributed by atoms with Crippen molar-refractivity contribution >= 4 is 0 Å². The fourth-order valence-corrected chi connectivity index (χ4v) is 2.13. The van der Waals surface area contributed by atoms with Gasteiger partial charge in [0.05, 0.1) is 6.61 Å². The van der Waals surface area contributed by atoms with Crippen molar-refractivity contribution in [3.8, 4) is 5.75 Å². The summed E-state index contributed by atoms with van der Waals surface area (Å²) in [4.78, 5) is 0. The lowest BCUT2D eigenvalue weighted by Gasteiger charge is -2.18. The Morgan fingerprint density at radius 2 is 2.35 bits per heavy atom. The minimum atomic E-state index is 0.229. The van der Waals surface area contributed by atoms with Crippen LogP contribution in [0.5, 0.6) is 5.75 Å². The van der Waals surface area contributed by atoms with Gasteiger partial charge in [0.15, 0.2) is 0 Å². The molecule has 1 aliphatic heterocycles. The summed E-state index contributed by atoms with van der Waals surface area (Å²) < 4.78 is 5.60. The number of benzene rings is 1. The smallest absolute Gasteiger partial charge is 0.122 e. The SMILES string of the molecule is CC(N)CNCCc1ccc2c(c1)CCCO2. The molecule has 1 aromatic carbocycles. The molecule has 94 valence electrons. The molecule has 17 heavy (non-hydrogen) atoms. The Kier molecular flexibility index (Phi) is 4.40. The highest BCUT2D eigenvalue weighted by molar-refractivity contribution is 5.38. The van der Waals surface area contributed by atoms with Gasteiger partial charge in [0.25, 0.3) is 0 Å². The number of rotatable bonds is 5. The molecular weight excluding hydrogens is 212 g/mol. The van der Waals surface area contributed by atoms with Crippen LogP contribution in [0.4, 0.5) is 0 Å². The molecule has 1 aliphatic rings. The summed E-state index contributed by atoms with van der Waals surface area (Å²) in [5.41, 5.74) is 8.43. The number of hydrogen-bond acceptors (Lipinski definition) is 3. The zero-order valence-electron chi connectivity index (χ0n) is 10.5. The molecule has 1 unspecified atom stereocenters. The lowest BCUT2D eigenvalue weighted by atomic mass is 10.0. The molecule has 0 radical (unpaired) electrons. The van der Waals surface area contributed by atoms with Crippen molar-refractivity contribution in [2.24, 2.45) is 5.73 Å². The van der Waals surface area contributed by atoms with Gasteiger partial charge in [-0.1, -0.05) is 12.1 Å². The van der Waals surface area contributed by atoms with Gasteiger partial charge in [-0.2, -0.15) is 0 Å². The van der Waals surface area contributed by atoms with Crippen LogP contribution < -0.4 is 15.8 Å². The van der Waals surface area contributed by atoms with Crippen molar-refractivity contribution in [2.75, 3.05) is 19.7 Å². The van der Waals surface area contributed by atoms with Crippen LogP contribution in [0.15, 0.2) is 18.2 Å². The summed E-state index contributed by atoms with van der Waals surface area (Å²) in [6, 6.07) is 6.78. The molecule has 3 N–H and O–H groups in total. The monoisotopic (exact) mass is 234 g/mol. The highest BCUT2D eigenvalue weighted by atomic mass is 16.5. The Hall–Kier alpha value is -1.06. The normalized spacial score (nSPS) is 16.1. The molecule has 0 bridgehead atoms. The van der Waals surface area contributed by atoms with E-state index in [0.29, 0.717) is 0 Å². The lowest BCUT2D eigenvalue weighted by molar-refractivity contribution is 0.288. The number of aryl methyl sites for hydroxylation is 1. The van der Waals surface area contributed by atoms with Gasteiger partial charge in [-0.05, 0) is 49.9 Å². The van der Waals surface area contributed by atoms with E-state index >= 15 is 0 Å². The van der Waals surface area contributed by atoms with Gasteiger partial charge in [0.1, 0.15) is 5.75 Å². The zero-order chi connectivity index (χ0) is 12.1. The molecule has 1 atom stereocenters. The van der Waals surface area contributed by atoms with Crippen LogP contribution in [0, 0.1) is 0 Å². The van der Waals surface area contributed by atoms with E-state index in [1.54, 1.807) is 0 Å². The molecule has 0 fully saturated rings. The van der Waals surface area contributed by atoms with Crippen molar-refractivity contribution in [1.29, 1.82) is 0 Å². The minimum Gasteiger partial charge on any atom is -0.493 e. The zero-order valence-corrected chi connectivity index (χ0v) is 10.5. The molecule has 0 aromatic heterocycles. The molecule has 0 spiro atoms. The fraction of sp³-hybridized carbons (Fsp3) is 0.571. The molecule has 3 heteroatoms. The molecule has 0 aliphatic carbocycles. The van der Waals surface area contributed by atoms with E-state index in [0.717, 1.165) is 44.7 Å². The number of ether oxygens (including phenoxy) is 1. The van der Waals surface area contributed by atoms with E-state index in [9.17, 15) is 0 Å². The van der Waals surface area contributed by atoms with Crippen molar-refractivity contribution in [3.63, 3.8) is 0 Å². The average molecular weight is 234 g/mol. The van der Waals surface area contributed by atoms with Crippen molar-refractivity contribution in [1.82, 2.24) is 5.32 Å². The molecule has 2 rings (SSSR count). The van der Waals surface area contributed by atoms with Gasteiger partial charge in [0, 0.05) is 12.6 Å². The average Bonchev–Trinajstić information content (AvgIpc) is 2.34. The van der Waals surface area contributed by atoms with Gasteiger partial charge in [-0.3, -0.25) is 0 Å². The van der Waals surface area contributed by atoms with Crippen LogP contribution >= 0.6 is 0 Å². The first-order valence-corrected chi connectivity index (χ1v) is 6.46. The molecule has 0 saturated carbocycles. The molecular formula is C14H22N2O. The topological polar surface area (TPSA) is 47.3 Å². The molecule has 1 aromatic rings. The summed E-state index contributed by atoms with van der Waals surface area (Å²) in [6.07, 6.45) is 3.34. The maximum atomic E-state index is 5.68. The third kappa shape index (κ3) is 3.72. The molecule has 3 nitrogen and oxygen atoms in total. The summed E-state index contributed by atoms with van der Waals surface area (Å²) in [6.45, 7) is 4.75. The molecule has 0 saturated heterocycles. The first-order chi connectivity index (χ1) is 8.25. The predicted octanol–water partition coefficient (Wildman–Crippen LogP) is 1.49. The number of hydrogen-bond donors (Lipinski definition) is 2. The Morgan fingerprint density at radius 1 is 1.47 bits per heavy atom. The van der Waals surface area contributed by atoms with Gasteiger partial charge >= 0.3 is 0 Å².